The molecule has 0 aliphatic rings. The number of thiophene rings is 1. The summed E-state index contributed by atoms with van der Waals surface area (Å²) in [5, 5.41) is 4.50. The zero-order valence-corrected chi connectivity index (χ0v) is 13.2. The van der Waals surface area contributed by atoms with Crippen molar-refractivity contribution in [1.82, 2.24) is 9.97 Å². The number of hydrogen-bond acceptors (Lipinski definition) is 5. The smallest absolute Gasteiger partial charge is 0.223 e. The third kappa shape index (κ3) is 4.07. The second-order valence-electron chi connectivity index (χ2n) is 5.20. The third-order valence-electron chi connectivity index (χ3n) is 3.36. The quantitative estimate of drug-likeness (QED) is 0.710. The van der Waals surface area contributed by atoms with Crippen molar-refractivity contribution < 1.29 is 0 Å². The topological polar surface area (TPSA) is 63.8 Å². The van der Waals surface area contributed by atoms with Gasteiger partial charge in [-0.3, -0.25) is 0 Å². The molecule has 0 amide bonds. The first-order chi connectivity index (χ1) is 9.70. The van der Waals surface area contributed by atoms with Crippen LogP contribution in [0.5, 0.6) is 0 Å². The highest BCUT2D eigenvalue weighted by atomic mass is 32.1. The fourth-order valence-electron chi connectivity index (χ4n) is 2.31. The van der Waals surface area contributed by atoms with Crippen LogP contribution in [0.1, 0.15) is 50.3 Å². The minimum Gasteiger partial charge on any atom is -0.369 e. The van der Waals surface area contributed by atoms with Crippen molar-refractivity contribution in [2.75, 3.05) is 17.6 Å². The molecule has 2 heterocycles. The molecule has 0 radical (unpaired) electrons. The van der Waals surface area contributed by atoms with Crippen molar-refractivity contribution in [1.29, 1.82) is 0 Å². The van der Waals surface area contributed by atoms with E-state index in [0.29, 0.717) is 5.95 Å². The Kier molecular flexibility index (Phi) is 5.59. The summed E-state index contributed by atoms with van der Waals surface area (Å²) >= 11 is 1.66. The maximum Gasteiger partial charge on any atom is 0.223 e. The number of anilines is 2. The largest absolute Gasteiger partial charge is 0.369 e. The summed E-state index contributed by atoms with van der Waals surface area (Å²) in [6.45, 7) is 5.28. The molecule has 5 heteroatoms. The van der Waals surface area contributed by atoms with Crippen molar-refractivity contribution in [3.8, 4) is 0 Å². The van der Waals surface area contributed by atoms with E-state index >= 15 is 0 Å². The Morgan fingerprint density at radius 3 is 2.70 bits per heavy atom. The number of nitrogens with two attached hydrogens (primary N) is 1. The van der Waals surface area contributed by atoms with E-state index < -0.39 is 0 Å². The molecule has 0 bridgehead atoms. The predicted octanol–water partition coefficient (Wildman–Crippen LogP) is 4.35. The van der Waals surface area contributed by atoms with E-state index in [1.165, 1.54) is 43.4 Å². The predicted molar refractivity (Wildman–Crippen MR) is 88.4 cm³/mol. The van der Waals surface area contributed by atoms with Gasteiger partial charge in [-0.25, -0.2) is 4.98 Å². The van der Waals surface area contributed by atoms with E-state index in [-0.39, 0.29) is 0 Å². The Morgan fingerprint density at radius 1 is 1.15 bits per heavy atom. The first kappa shape index (κ1) is 15.0. The minimum atomic E-state index is 0.352. The van der Waals surface area contributed by atoms with Gasteiger partial charge >= 0.3 is 0 Å². The molecule has 2 rings (SSSR count). The summed E-state index contributed by atoms with van der Waals surface area (Å²) in [6.07, 6.45) is 7.79. The Hall–Kier alpha value is -1.36. The average Bonchev–Trinajstić information content (AvgIpc) is 2.77. The molecule has 0 spiro atoms. The molecular weight excluding hydrogens is 268 g/mol. The van der Waals surface area contributed by atoms with Crippen molar-refractivity contribution in [2.24, 2.45) is 0 Å². The van der Waals surface area contributed by atoms with Crippen molar-refractivity contribution in [3.63, 3.8) is 0 Å². The summed E-state index contributed by atoms with van der Waals surface area (Å²) in [5.41, 5.74) is 5.76. The minimum absolute atomic E-state index is 0.352. The number of aryl methyl sites for hydroxylation is 1. The highest BCUT2D eigenvalue weighted by Gasteiger charge is 2.08. The molecule has 0 aliphatic carbocycles. The zero-order chi connectivity index (χ0) is 14.4. The summed E-state index contributed by atoms with van der Waals surface area (Å²) in [6, 6.07) is 2.13. The summed E-state index contributed by atoms with van der Waals surface area (Å²) in [4.78, 5) is 10.8. The summed E-state index contributed by atoms with van der Waals surface area (Å²) < 4.78 is 0. The maximum atomic E-state index is 5.76. The lowest BCUT2D eigenvalue weighted by Crippen LogP contribution is -2.06. The van der Waals surface area contributed by atoms with Gasteiger partial charge < -0.3 is 11.1 Å². The number of hydrogen-bond donors (Lipinski definition) is 2. The molecule has 0 saturated heterocycles. The second kappa shape index (κ2) is 7.43. The van der Waals surface area contributed by atoms with Crippen LogP contribution < -0.4 is 11.1 Å². The maximum absolute atomic E-state index is 5.76. The average molecular weight is 292 g/mol. The van der Waals surface area contributed by atoms with Gasteiger partial charge in [0.05, 0.1) is 5.39 Å². The van der Waals surface area contributed by atoms with Gasteiger partial charge in [0.15, 0.2) is 0 Å². The molecule has 0 atom stereocenters. The molecule has 0 saturated carbocycles. The van der Waals surface area contributed by atoms with Crippen LogP contribution in [-0.2, 0) is 0 Å². The molecular formula is C15H24N4S. The number of nitrogen functional groups attached to an aromatic ring is 1. The highest BCUT2D eigenvalue weighted by molar-refractivity contribution is 7.18. The van der Waals surface area contributed by atoms with E-state index in [2.05, 4.69) is 35.2 Å². The molecule has 2 aromatic rings. The van der Waals surface area contributed by atoms with Gasteiger partial charge in [-0.2, -0.15) is 4.98 Å². The van der Waals surface area contributed by atoms with Gasteiger partial charge in [0.1, 0.15) is 10.6 Å². The first-order valence-electron chi connectivity index (χ1n) is 7.48. The number of rotatable bonds is 8. The Balaban J connectivity index is 1.86. The Morgan fingerprint density at radius 2 is 1.90 bits per heavy atom. The van der Waals surface area contributed by atoms with Gasteiger partial charge in [-0.1, -0.05) is 39.0 Å². The Labute approximate surface area is 124 Å². The molecule has 3 N–H and O–H groups in total. The van der Waals surface area contributed by atoms with E-state index in [9.17, 15) is 0 Å². The number of fused-ring (bicyclic) bond motifs is 1. The van der Waals surface area contributed by atoms with Gasteiger partial charge in [0.25, 0.3) is 0 Å². The first-order valence-corrected chi connectivity index (χ1v) is 8.30. The van der Waals surface area contributed by atoms with E-state index in [4.69, 9.17) is 5.73 Å². The normalized spacial score (nSPS) is 11.1. The number of nitrogens with zero attached hydrogens (tertiary/aromatic N) is 2. The Bertz CT molecular complexity index is 550. The van der Waals surface area contributed by atoms with Crippen molar-refractivity contribution >= 4 is 33.3 Å². The van der Waals surface area contributed by atoms with Crippen LogP contribution in [0.2, 0.25) is 0 Å². The molecule has 0 aliphatic heterocycles. The molecule has 0 unspecified atom stereocenters. The van der Waals surface area contributed by atoms with E-state index in [0.717, 1.165) is 22.6 Å². The van der Waals surface area contributed by atoms with Gasteiger partial charge in [-0.05, 0) is 19.4 Å². The standard InChI is InChI=1S/C15H24N4S/c1-3-4-5-6-7-8-9-17-13-12-10-11(2)20-14(12)19-15(16)18-13/h10H,3-9H2,1-2H3,(H3,16,17,18,19). The highest BCUT2D eigenvalue weighted by Crippen LogP contribution is 2.28. The summed E-state index contributed by atoms with van der Waals surface area (Å²) in [5.74, 6) is 1.23. The number of aromatic nitrogens is 2. The monoisotopic (exact) mass is 292 g/mol. The number of unbranched alkanes of at least 4 members (excludes halogenated alkanes) is 5. The summed E-state index contributed by atoms with van der Waals surface area (Å²) in [7, 11) is 0. The fourth-order valence-corrected chi connectivity index (χ4v) is 3.19. The molecule has 110 valence electrons. The lowest BCUT2D eigenvalue weighted by molar-refractivity contribution is 0.617. The second-order valence-corrected chi connectivity index (χ2v) is 6.44. The molecule has 20 heavy (non-hydrogen) atoms. The van der Waals surface area contributed by atoms with Crippen molar-refractivity contribution in [3.05, 3.63) is 10.9 Å². The van der Waals surface area contributed by atoms with Crippen LogP contribution >= 0.6 is 11.3 Å². The van der Waals surface area contributed by atoms with Crippen LogP contribution in [-0.4, -0.2) is 16.5 Å². The van der Waals surface area contributed by atoms with Crippen LogP contribution in [0.15, 0.2) is 6.07 Å². The van der Waals surface area contributed by atoms with Crippen LogP contribution in [0.25, 0.3) is 10.2 Å². The molecule has 0 aromatic carbocycles. The van der Waals surface area contributed by atoms with Crippen LogP contribution in [0.4, 0.5) is 11.8 Å². The number of nitrogens with one attached hydrogen (secondary N) is 1. The molecule has 0 fully saturated rings. The molecule has 2 aromatic heterocycles. The lowest BCUT2D eigenvalue weighted by Gasteiger charge is -2.07. The van der Waals surface area contributed by atoms with Crippen LogP contribution in [0.3, 0.4) is 0 Å². The van der Waals surface area contributed by atoms with Gasteiger partial charge in [0.2, 0.25) is 5.95 Å². The zero-order valence-electron chi connectivity index (χ0n) is 12.4. The molecule has 4 nitrogen and oxygen atoms in total. The fraction of sp³-hybridized carbons (Fsp3) is 0.600. The SMILES string of the molecule is CCCCCCCCNc1nc(N)nc2sc(C)cc12. The lowest BCUT2D eigenvalue weighted by atomic mass is 10.1. The third-order valence-corrected chi connectivity index (χ3v) is 4.30. The van der Waals surface area contributed by atoms with E-state index in [1.54, 1.807) is 11.3 Å². The van der Waals surface area contributed by atoms with Gasteiger partial charge in [0, 0.05) is 11.4 Å². The van der Waals surface area contributed by atoms with Crippen LogP contribution in [0, 0.1) is 6.92 Å². The van der Waals surface area contributed by atoms with Crippen molar-refractivity contribution in [2.45, 2.75) is 52.4 Å². The van der Waals surface area contributed by atoms with Gasteiger partial charge in [-0.15, -0.1) is 11.3 Å². The van der Waals surface area contributed by atoms with E-state index in [1.807, 2.05) is 0 Å².